The van der Waals surface area contributed by atoms with E-state index in [1.165, 1.54) is 19.3 Å². The molecular weight excluding hydrogens is 150 g/mol. The fourth-order valence-electron chi connectivity index (χ4n) is 1.52. The van der Waals surface area contributed by atoms with E-state index in [0.29, 0.717) is 6.10 Å². The molecule has 1 saturated carbocycles. The second-order valence-electron chi connectivity index (χ2n) is 3.56. The first-order chi connectivity index (χ1) is 5.84. The maximum atomic E-state index is 5.79. The van der Waals surface area contributed by atoms with Crippen molar-refractivity contribution in [2.24, 2.45) is 5.73 Å². The van der Waals surface area contributed by atoms with E-state index >= 15 is 0 Å². The van der Waals surface area contributed by atoms with Crippen LogP contribution in [-0.2, 0) is 4.74 Å². The van der Waals surface area contributed by atoms with Crippen LogP contribution in [0.2, 0.25) is 0 Å². The van der Waals surface area contributed by atoms with Crippen molar-refractivity contribution in [1.29, 1.82) is 0 Å². The van der Waals surface area contributed by atoms with Gasteiger partial charge >= 0.3 is 0 Å². The third-order valence-electron chi connectivity index (χ3n) is 2.49. The van der Waals surface area contributed by atoms with Gasteiger partial charge in [0, 0.05) is 12.1 Å². The Morgan fingerprint density at radius 3 is 2.83 bits per heavy atom. The fraction of sp³-hybridized carbons (Fsp3) is 0.600. The van der Waals surface area contributed by atoms with Gasteiger partial charge in [-0.05, 0) is 25.3 Å². The van der Waals surface area contributed by atoms with Gasteiger partial charge in [-0.25, -0.2) is 0 Å². The molecule has 2 aliphatic carbocycles. The molecule has 2 heteroatoms. The van der Waals surface area contributed by atoms with Crippen LogP contribution in [0.15, 0.2) is 23.9 Å². The standard InChI is InChI=1S/C10H15NO/c11-8-3-1-6-10(7-8)12-9-4-2-5-9/h1,3,6,9-10H,2,4-5,7,11H2. The first-order valence-electron chi connectivity index (χ1n) is 4.63. The number of allylic oxidation sites excluding steroid dienone is 2. The Bertz CT molecular complexity index is 216. The highest BCUT2D eigenvalue weighted by atomic mass is 16.5. The zero-order valence-electron chi connectivity index (χ0n) is 7.20. The molecule has 1 atom stereocenters. The number of rotatable bonds is 2. The van der Waals surface area contributed by atoms with E-state index < -0.39 is 0 Å². The molecule has 0 aromatic carbocycles. The van der Waals surface area contributed by atoms with Gasteiger partial charge in [0.25, 0.3) is 0 Å². The van der Waals surface area contributed by atoms with Gasteiger partial charge < -0.3 is 10.5 Å². The van der Waals surface area contributed by atoms with Crippen LogP contribution in [0.4, 0.5) is 0 Å². The van der Waals surface area contributed by atoms with Crippen LogP contribution in [-0.4, -0.2) is 12.2 Å². The van der Waals surface area contributed by atoms with Crippen LogP contribution >= 0.6 is 0 Å². The first-order valence-corrected chi connectivity index (χ1v) is 4.63. The Kier molecular flexibility index (Phi) is 2.17. The molecule has 0 heterocycles. The molecule has 1 fully saturated rings. The van der Waals surface area contributed by atoms with Gasteiger partial charge in [0.1, 0.15) is 0 Å². The summed E-state index contributed by atoms with van der Waals surface area (Å²) in [4.78, 5) is 0. The second-order valence-corrected chi connectivity index (χ2v) is 3.56. The average molecular weight is 165 g/mol. The van der Waals surface area contributed by atoms with E-state index in [4.69, 9.17) is 10.5 Å². The minimum absolute atomic E-state index is 0.236. The van der Waals surface area contributed by atoms with Gasteiger partial charge in [0.05, 0.1) is 12.2 Å². The third-order valence-corrected chi connectivity index (χ3v) is 2.49. The van der Waals surface area contributed by atoms with E-state index in [-0.39, 0.29) is 6.10 Å². The minimum Gasteiger partial charge on any atom is -0.402 e. The van der Waals surface area contributed by atoms with Crippen LogP contribution in [0.3, 0.4) is 0 Å². The van der Waals surface area contributed by atoms with Gasteiger partial charge in [0.15, 0.2) is 0 Å². The Balaban J connectivity index is 1.81. The Morgan fingerprint density at radius 2 is 2.25 bits per heavy atom. The lowest BCUT2D eigenvalue weighted by atomic mass is 9.95. The lowest BCUT2D eigenvalue weighted by Gasteiger charge is -2.30. The van der Waals surface area contributed by atoms with Crippen molar-refractivity contribution >= 4 is 0 Å². The van der Waals surface area contributed by atoms with Crippen LogP contribution in [0.5, 0.6) is 0 Å². The van der Waals surface area contributed by atoms with Crippen molar-refractivity contribution in [2.75, 3.05) is 0 Å². The zero-order chi connectivity index (χ0) is 8.39. The summed E-state index contributed by atoms with van der Waals surface area (Å²) in [5.74, 6) is 0. The third kappa shape index (κ3) is 1.69. The molecule has 0 aromatic heterocycles. The van der Waals surface area contributed by atoms with Crippen molar-refractivity contribution in [1.82, 2.24) is 0 Å². The monoisotopic (exact) mass is 165 g/mol. The molecule has 0 spiro atoms. The smallest absolute Gasteiger partial charge is 0.0816 e. The van der Waals surface area contributed by atoms with E-state index in [0.717, 1.165) is 12.1 Å². The Hall–Kier alpha value is -0.760. The molecule has 12 heavy (non-hydrogen) atoms. The number of hydrogen-bond donors (Lipinski definition) is 1. The van der Waals surface area contributed by atoms with Crippen molar-refractivity contribution in [3.8, 4) is 0 Å². The predicted molar refractivity (Wildman–Crippen MR) is 48.5 cm³/mol. The highest BCUT2D eigenvalue weighted by Gasteiger charge is 2.22. The van der Waals surface area contributed by atoms with E-state index in [1.54, 1.807) is 0 Å². The topological polar surface area (TPSA) is 35.2 Å². The summed E-state index contributed by atoms with van der Waals surface area (Å²) in [7, 11) is 0. The van der Waals surface area contributed by atoms with E-state index in [2.05, 4.69) is 6.08 Å². The summed E-state index contributed by atoms with van der Waals surface area (Å²) >= 11 is 0. The van der Waals surface area contributed by atoms with E-state index in [1.807, 2.05) is 12.2 Å². The summed E-state index contributed by atoms with van der Waals surface area (Å²) in [6.45, 7) is 0. The first kappa shape index (κ1) is 7.87. The molecule has 0 aliphatic heterocycles. The normalized spacial score (nSPS) is 29.7. The lowest BCUT2D eigenvalue weighted by Crippen LogP contribution is -2.28. The Morgan fingerprint density at radius 1 is 1.42 bits per heavy atom. The molecular formula is C10H15NO. The molecule has 0 saturated heterocycles. The molecule has 2 aliphatic rings. The molecule has 2 nitrogen and oxygen atoms in total. The molecule has 2 N–H and O–H groups in total. The van der Waals surface area contributed by atoms with Gasteiger partial charge in [-0.1, -0.05) is 12.2 Å². The summed E-state index contributed by atoms with van der Waals surface area (Å²) in [6, 6.07) is 0. The highest BCUT2D eigenvalue weighted by Crippen LogP contribution is 2.25. The summed E-state index contributed by atoms with van der Waals surface area (Å²) in [5, 5.41) is 0. The quantitative estimate of drug-likeness (QED) is 0.676. The van der Waals surface area contributed by atoms with Crippen molar-refractivity contribution in [3.05, 3.63) is 23.9 Å². The van der Waals surface area contributed by atoms with Gasteiger partial charge in [-0.2, -0.15) is 0 Å². The maximum Gasteiger partial charge on any atom is 0.0816 e. The minimum atomic E-state index is 0.236. The lowest BCUT2D eigenvalue weighted by molar-refractivity contribution is -0.0304. The number of hydrogen-bond acceptors (Lipinski definition) is 2. The molecule has 2 rings (SSSR count). The number of ether oxygens (including phenoxy) is 1. The van der Waals surface area contributed by atoms with Crippen LogP contribution in [0.25, 0.3) is 0 Å². The maximum absolute atomic E-state index is 5.79. The van der Waals surface area contributed by atoms with Crippen molar-refractivity contribution < 1.29 is 4.74 Å². The molecule has 0 aromatic rings. The zero-order valence-corrected chi connectivity index (χ0v) is 7.20. The van der Waals surface area contributed by atoms with Gasteiger partial charge in [-0.15, -0.1) is 0 Å². The van der Waals surface area contributed by atoms with Crippen LogP contribution < -0.4 is 5.73 Å². The van der Waals surface area contributed by atoms with Crippen molar-refractivity contribution in [2.45, 2.75) is 37.9 Å². The largest absolute Gasteiger partial charge is 0.402 e. The molecule has 0 amide bonds. The average Bonchev–Trinajstić information content (AvgIpc) is 1.97. The van der Waals surface area contributed by atoms with Gasteiger partial charge in [-0.3, -0.25) is 0 Å². The second kappa shape index (κ2) is 3.31. The SMILES string of the molecule is NC1=CC=CC(OC2CCC2)C1. The van der Waals surface area contributed by atoms with Crippen molar-refractivity contribution in [3.63, 3.8) is 0 Å². The molecule has 66 valence electrons. The summed E-state index contributed by atoms with van der Waals surface area (Å²) < 4.78 is 5.79. The predicted octanol–water partition coefficient (Wildman–Crippen LogP) is 1.73. The van der Waals surface area contributed by atoms with Crippen LogP contribution in [0.1, 0.15) is 25.7 Å². The number of nitrogens with two attached hydrogens (primary N) is 1. The molecule has 1 unspecified atom stereocenters. The summed E-state index contributed by atoms with van der Waals surface area (Å²) in [5.41, 5.74) is 6.62. The highest BCUT2D eigenvalue weighted by molar-refractivity contribution is 5.18. The Labute approximate surface area is 73.1 Å². The van der Waals surface area contributed by atoms with E-state index in [9.17, 15) is 0 Å². The van der Waals surface area contributed by atoms with Crippen LogP contribution in [0, 0.1) is 0 Å². The summed E-state index contributed by atoms with van der Waals surface area (Å²) in [6.07, 6.45) is 11.4. The fourth-order valence-corrected chi connectivity index (χ4v) is 1.52. The van der Waals surface area contributed by atoms with Gasteiger partial charge in [0.2, 0.25) is 0 Å². The molecule has 0 bridgehead atoms. The molecule has 0 radical (unpaired) electrons.